The summed E-state index contributed by atoms with van der Waals surface area (Å²) >= 11 is 0. The summed E-state index contributed by atoms with van der Waals surface area (Å²) in [4.78, 5) is 18.9. The number of halogens is 1. The van der Waals surface area contributed by atoms with Gasteiger partial charge in [0.25, 0.3) is 0 Å². The molecule has 2 aromatic carbocycles. The molecule has 2 N–H and O–H groups in total. The lowest BCUT2D eigenvalue weighted by Gasteiger charge is -2.24. The third-order valence-corrected chi connectivity index (χ3v) is 5.25. The molecule has 3 rings (SSSR count). The minimum Gasteiger partial charge on any atom is -0.497 e. The van der Waals surface area contributed by atoms with Gasteiger partial charge in [-0.05, 0) is 43.2 Å². The molecule has 0 saturated heterocycles. The second kappa shape index (κ2) is 13.1. The van der Waals surface area contributed by atoms with E-state index in [1.165, 1.54) is 6.07 Å². The summed E-state index contributed by atoms with van der Waals surface area (Å²) in [6.45, 7) is 1.60. The molecule has 0 bridgehead atoms. The van der Waals surface area contributed by atoms with Crippen LogP contribution < -0.4 is 15.4 Å². The number of rotatable bonds is 12. The third-order valence-electron chi connectivity index (χ3n) is 5.25. The molecule has 0 fully saturated rings. The molecule has 0 radical (unpaired) electrons. The SMILES string of the molecule is COc1cccc(NC(=O)N(CCCCCCNc2ccccn2)Cc2ccccc2F)c1. The van der Waals surface area contributed by atoms with Crippen molar-refractivity contribution >= 4 is 17.5 Å². The zero-order valence-corrected chi connectivity index (χ0v) is 19.0. The normalized spacial score (nSPS) is 10.5. The van der Waals surface area contributed by atoms with Crippen LogP contribution in [0.2, 0.25) is 0 Å². The Kier molecular flexibility index (Phi) is 9.51. The number of nitrogens with one attached hydrogen (secondary N) is 2. The van der Waals surface area contributed by atoms with Crippen LogP contribution in [0.4, 0.5) is 20.7 Å². The number of nitrogens with zero attached hydrogens (tertiary/aromatic N) is 2. The Balaban J connectivity index is 1.50. The lowest BCUT2D eigenvalue weighted by Crippen LogP contribution is -2.35. The van der Waals surface area contributed by atoms with E-state index in [1.54, 1.807) is 48.5 Å². The van der Waals surface area contributed by atoms with Crippen molar-refractivity contribution in [1.29, 1.82) is 0 Å². The fraction of sp³-hybridized carbons (Fsp3) is 0.308. The molecule has 174 valence electrons. The topological polar surface area (TPSA) is 66.5 Å². The molecular weight excluding hydrogens is 419 g/mol. The van der Waals surface area contributed by atoms with Gasteiger partial charge in [0.15, 0.2) is 0 Å². The van der Waals surface area contributed by atoms with E-state index in [9.17, 15) is 9.18 Å². The highest BCUT2D eigenvalue weighted by Crippen LogP contribution is 2.18. The van der Waals surface area contributed by atoms with Gasteiger partial charge in [-0.3, -0.25) is 0 Å². The molecule has 33 heavy (non-hydrogen) atoms. The maximum atomic E-state index is 14.2. The van der Waals surface area contributed by atoms with Crippen LogP contribution in [-0.4, -0.2) is 36.1 Å². The summed E-state index contributed by atoms with van der Waals surface area (Å²) in [5.41, 5.74) is 1.14. The van der Waals surface area contributed by atoms with Crippen molar-refractivity contribution in [3.63, 3.8) is 0 Å². The number of hydrogen-bond donors (Lipinski definition) is 2. The summed E-state index contributed by atoms with van der Waals surface area (Å²) in [5.74, 6) is 1.23. The van der Waals surface area contributed by atoms with Gasteiger partial charge < -0.3 is 20.3 Å². The molecule has 0 aliphatic rings. The fourth-order valence-corrected chi connectivity index (χ4v) is 3.45. The number of benzene rings is 2. The molecule has 6 nitrogen and oxygen atoms in total. The molecule has 0 atom stereocenters. The number of amides is 2. The van der Waals surface area contributed by atoms with Crippen molar-refractivity contribution in [1.82, 2.24) is 9.88 Å². The molecular formula is C26H31FN4O2. The van der Waals surface area contributed by atoms with Gasteiger partial charge in [-0.2, -0.15) is 0 Å². The molecule has 0 aliphatic heterocycles. The van der Waals surface area contributed by atoms with E-state index in [-0.39, 0.29) is 18.4 Å². The quantitative estimate of drug-likeness (QED) is 0.335. The average molecular weight is 451 g/mol. The van der Waals surface area contributed by atoms with Gasteiger partial charge in [0.1, 0.15) is 17.4 Å². The van der Waals surface area contributed by atoms with E-state index in [2.05, 4.69) is 15.6 Å². The first-order valence-corrected chi connectivity index (χ1v) is 11.2. The number of urea groups is 1. The van der Waals surface area contributed by atoms with Crippen LogP contribution in [0.1, 0.15) is 31.2 Å². The van der Waals surface area contributed by atoms with Crippen LogP contribution in [0.25, 0.3) is 0 Å². The maximum Gasteiger partial charge on any atom is 0.322 e. The van der Waals surface area contributed by atoms with Gasteiger partial charge in [-0.1, -0.05) is 43.2 Å². The number of methoxy groups -OCH3 is 1. The number of anilines is 2. The Bertz CT molecular complexity index is 1000. The van der Waals surface area contributed by atoms with Gasteiger partial charge in [-0.25, -0.2) is 14.2 Å². The second-order valence-electron chi connectivity index (χ2n) is 7.73. The molecule has 0 spiro atoms. The molecule has 1 aromatic heterocycles. The van der Waals surface area contributed by atoms with Gasteiger partial charge >= 0.3 is 6.03 Å². The summed E-state index contributed by atoms with van der Waals surface area (Å²) < 4.78 is 19.4. The zero-order valence-electron chi connectivity index (χ0n) is 19.0. The standard InChI is InChI=1S/C26H31FN4O2/c1-33-23-13-10-12-22(19-23)30-26(32)31(20-21-11-4-5-14-24(21)27)18-9-3-2-7-16-28-25-15-6-8-17-29-25/h4-6,8,10-15,17,19H,2-3,7,9,16,18,20H2,1H3,(H,28,29)(H,30,32). The Morgan fingerprint density at radius 1 is 1.00 bits per heavy atom. The Hall–Kier alpha value is -3.61. The monoisotopic (exact) mass is 450 g/mol. The minimum absolute atomic E-state index is 0.212. The molecule has 3 aromatic rings. The highest BCUT2D eigenvalue weighted by Gasteiger charge is 2.16. The van der Waals surface area contributed by atoms with Gasteiger partial charge in [0.2, 0.25) is 0 Å². The van der Waals surface area contributed by atoms with Crippen LogP contribution in [0.5, 0.6) is 5.75 Å². The van der Waals surface area contributed by atoms with E-state index in [0.717, 1.165) is 38.0 Å². The number of unbranched alkanes of at least 4 members (excludes halogenated alkanes) is 3. The number of pyridine rings is 1. The fourth-order valence-electron chi connectivity index (χ4n) is 3.45. The predicted molar refractivity (Wildman–Crippen MR) is 130 cm³/mol. The lowest BCUT2D eigenvalue weighted by molar-refractivity contribution is 0.207. The Morgan fingerprint density at radius 3 is 2.61 bits per heavy atom. The lowest BCUT2D eigenvalue weighted by atomic mass is 10.1. The highest BCUT2D eigenvalue weighted by atomic mass is 19.1. The molecule has 1 heterocycles. The van der Waals surface area contributed by atoms with Crippen molar-refractivity contribution in [2.24, 2.45) is 0 Å². The molecule has 0 aliphatic carbocycles. The van der Waals surface area contributed by atoms with Gasteiger partial charge in [0, 0.05) is 36.6 Å². The van der Waals surface area contributed by atoms with E-state index >= 15 is 0 Å². The van der Waals surface area contributed by atoms with Crippen molar-refractivity contribution in [2.45, 2.75) is 32.2 Å². The molecule has 0 saturated carbocycles. The van der Waals surface area contributed by atoms with E-state index in [1.807, 2.05) is 30.3 Å². The maximum absolute atomic E-state index is 14.2. The summed E-state index contributed by atoms with van der Waals surface area (Å²) in [5, 5.41) is 6.20. The van der Waals surface area contributed by atoms with Crippen molar-refractivity contribution in [3.05, 3.63) is 84.3 Å². The molecule has 2 amide bonds. The number of aromatic nitrogens is 1. The van der Waals surface area contributed by atoms with Crippen molar-refractivity contribution in [2.75, 3.05) is 30.8 Å². The van der Waals surface area contributed by atoms with Gasteiger partial charge in [-0.15, -0.1) is 0 Å². The first kappa shape index (κ1) is 24.0. The van der Waals surface area contributed by atoms with Gasteiger partial charge in [0.05, 0.1) is 13.7 Å². The average Bonchev–Trinajstić information content (AvgIpc) is 2.84. The zero-order chi connectivity index (χ0) is 23.3. The second-order valence-corrected chi connectivity index (χ2v) is 7.73. The van der Waals surface area contributed by atoms with E-state index in [0.29, 0.717) is 23.5 Å². The van der Waals surface area contributed by atoms with E-state index < -0.39 is 0 Å². The number of carbonyl (C=O) groups excluding carboxylic acids is 1. The summed E-state index contributed by atoms with van der Waals surface area (Å²) in [7, 11) is 1.58. The smallest absolute Gasteiger partial charge is 0.322 e. The number of ether oxygens (including phenoxy) is 1. The van der Waals surface area contributed by atoms with Crippen LogP contribution in [0.3, 0.4) is 0 Å². The largest absolute Gasteiger partial charge is 0.497 e. The van der Waals surface area contributed by atoms with Crippen LogP contribution in [-0.2, 0) is 6.54 Å². The highest BCUT2D eigenvalue weighted by molar-refractivity contribution is 5.89. The third kappa shape index (κ3) is 8.11. The molecule has 7 heteroatoms. The Labute approximate surface area is 194 Å². The first-order valence-electron chi connectivity index (χ1n) is 11.2. The minimum atomic E-state index is -0.308. The van der Waals surface area contributed by atoms with Crippen molar-refractivity contribution < 1.29 is 13.9 Å². The van der Waals surface area contributed by atoms with Crippen LogP contribution in [0, 0.1) is 5.82 Å². The summed E-state index contributed by atoms with van der Waals surface area (Å²) in [6.07, 6.45) is 5.63. The first-order chi connectivity index (χ1) is 16.2. The van der Waals surface area contributed by atoms with Crippen molar-refractivity contribution in [3.8, 4) is 5.75 Å². The van der Waals surface area contributed by atoms with Crippen LogP contribution in [0.15, 0.2) is 72.9 Å². The number of carbonyl (C=O) groups is 1. The number of hydrogen-bond acceptors (Lipinski definition) is 4. The summed E-state index contributed by atoms with van der Waals surface area (Å²) in [6, 6.07) is 19.3. The molecule has 0 unspecified atom stereocenters. The predicted octanol–water partition coefficient (Wildman–Crippen LogP) is 5.94. The van der Waals surface area contributed by atoms with Crippen LogP contribution >= 0.6 is 0 Å². The van der Waals surface area contributed by atoms with E-state index in [4.69, 9.17) is 4.74 Å². The Morgan fingerprint density at radius 2 is 1.82 bits per heavy atom.